The van der Waals surface area contributed by atoms with Crippen LogP contribution in [0.5, 0.6) is 5.75 Å². The lowest BCUT2D eigenvalue weighted by atomic mass is 10.1. The van der Waals surface area contributed by atoms with Gasteiger partial charge in [-0.3, -0.25) is 9.69 Å². The van der Waals surface area contributed by atoms with E-state index < -0.39 is 5.97 Å². The maximum absolute atomic E-state index is 12.9. The first-order chi connectivity index (χ1) is 16.0. The molecule has 1 amide bonds. The summed E-state index contributed by atoms with van der Waals surface area (Å²) in [5, 5.41) is 18.4. The molecule has 1 saturated heterocycles. The van der Waals surface area contributed by atoms with Crippen molar-refractivity contribution in [3.63, 3.8) is 0 Å². The van der Waals surface area contributed by atoms with E-state index in [1.54, 1.807) is 36.4 Å². The fraction of sp³-hybridized carbons (Fsp3) is 0.0400. The molecule has 0 saturated carbocycles. The second-order valence-corrected chi connectivity index (χ2v) is 8.68. The van der Waals surface area contributed by atoms with Crippen molar-refractivity contribution >= 4 is 51.9 Å². The van der Waals surface area contributed by atoms with Crippen molar-refractivity contribution in [1.29, 1.82) is 5.26 Å². The Morgan fingerprint density at radius 3 is 2.61 bits per heavy atom. The summed E-state index contributed by atoms with van der Waals surface area (Å²) in [4.78, 5) is 26.0. The van der Waals surface area contributed by atoms with E-state index in [1.807, 2.05) is 30.3 Å². The van der Waals surface area contributed by atoms with E-state index >= 15 is 0 Å². The van der Waals surface area contributed by atoms with E-state index in [-0.39, 0.29) is 18.1 Å². The number of ether oxygens (including phenoxy) is 1. The van der Waals surface area contributed by atoms with E-state index in [0.29, 0.717) is 26.2 Å². The number of hydrogen-bond acceptors (Lipinski definition) is 6. The molecule has 33 heavy (non-hydrogen) atoms. The zero-order valence-corrected chi connectivity index (χ0v) is 18.7. The number of rotatable bonds is 6. The maximum atomic E-state index is 12.9. The average molecular weight is 473 g/mol. The van der Waals surface area contributed by atoms with Crippen LogP contribution in [0.1, 0.15) is 27.0 Å². The molecule has 1 heterocycles. The zero-order valence-electron chi connectivity index (χ0n) is 17.1. The van der Waals surface area contributed by atoms with E-state index in [1.165, 1.54) is 17.0 Å². The number of aromatic carboxylic acids is 1. The minimum absolute atomic E-state index is 0.0820. The summed E-state index contributed by atoms with van der Waals surface area (Å²) in [6.07, 6.45) is 1.73. The monoisotopic (exact) mass is 472 g/mol. The van der Waals surface area contributed by atoms with Crippen molar-refractivity contribution in [1.82, 2.24) is 0 Å². The van der Waals surface area contributed by atoms with Crippen molar-refractivity contribution < 1.29 is 19.4 Å². The largest absolute Gasteiger partial charge is 0.489 e. The van der Waals surface area contributed by atoms with Gasteiger partial charge in [0.25, 0.3) is 5.91 Å². The molecule has 1 N–H and O–H groups in total. The summed E-state index contributed by atoms with van der Waals surface area (Å²) in [6.45, 7) is 0.275. The quantitative estimate of drug-likeness (QED) is 0.387. The Morgan fingerprint density at radius 1 is 1.12 bits per heavy atom. The van der Waals surface area contributed by atoms with Gasteiger partial charge in [0.05, 0.1) is 27.8 Å². The van der Waals surface area contributed by atoms with Crippen molar-refractivity contribution in [3.8, 4) is 11.8 Å². The molecule has 1 aliphatic rings. The second kappa shape index (κ2) is 9.69. The molecule has 4 rings (SSSR count). The number of carbonyl (C=O) groups is 2. The predicted octanol–water partition coefficient (Wildman–Crippen LogP) is 5.24. The molecule has 0 unspecified atom stereocenters. The van der Waals surface area contributed by atoms with Gasteiger partial charge in [0.1, 0.15) is 12.4 Å². The van der Waals surface area contributed by atoms with Crippen LogP contribution in [0.4, 0.5) is 5.69 Å². The molecule has 3 aromatic rings. The minimum Gasteiger partial charge on any atom is -0.489 e. The third kappa shape index (κ3) is 4.95. The van der Waals surface area contributed by atoms with Crippen molar-refractivity contribution in [3.05, 3.63) is 100.0 Å². The Bertz CT molecular complexity index is 1330. The molecule has 6 nitrogen and oxygen atoms in total. The minimum atomic E-state index is -1.07. The maximum Gasteiger partial charge on any atom is 0.335 e. The molecular formula is C25H16N2O4S2. The lowest BCUT2D eigenvalue weighted by Gasteiger charge is -2.14. The summed E-state index contributed by atoms with van der Waals surface area (Å²) in [6, 6.07) is 22.7. The number of carboxylic acids is 1. The number of thiocarbonyl (C=S) groups is 1. The van der Waals surface area contributed by atoms with Crippen LogP contribution in [0.3, 0.4) is 0 Å². The lowest BCUT2D eigenvalue weighted by molar-refractivity contribution is -0.113. The molecule has 162 valence electrons. The summed E-state index contributed by atoms with van der Waals surface area (Å²) < 4.78 is 6.12. The van der Waals surface area contributed by atoms with Gasteiger partial charge in [-0.25, -0.2) is 4.79 Å². The molecule has 0 bridgehead atoms. The fourth-order valence-electron chi connectivity index (χ4n) is 3.20. The number of hydrogen-bond donors (Lipinski definition) is 1. The van der Waals surface area contributed by atoms with Crippen LogP contribution in [-0.2, 0) is 11.4 Å². The zero-order chi connectivity index (χ0) is 23.4. The molecule has 3 aromatic carbocycles. The SMILES string of the molecule is N#Cc1ccccc1COc1ccc(/C=C2/SC(=S)N(c3cccc(C(=O)O)c3)C2=O)cc1. The molecule has 0 aromatic heterocycles. The van der Waals surface area contributed by atoms with E-state index in [0.717, 1.165) is 22.9 Å². The van der Waals surface area contributed by atoms with Gasteiger partial charge in [-0.05, 0) is 48.0 Å². The number of nitrogens with zero attached hydrogens (tertiary/aromatic N) is 2. The summed E-state index contributed by atoms with van der Waals surface area (Å²) in [5.74, 6) is -0.741. The Hall–Kier alpha value is -3.93. The molecule has 1 fully saturated rings. The molecule has 1 aliphatic heterocycles. The van der Waals surface area contributed by atoms with Crippen LogP contribution in [0.15, 0.2) is 77.7 Å². The summed E-state index contributed by atoms with van der Waals surface area (Å²) >= 11 is 6.52. The number of amides is 1. The average Bonchev–Trinajstić information content (AvgIpc) is 3.11. The van der Waals surface area contributed by atoms with Crippen molar-refractivity contribution in [2.75, 3.05) is 4.90 Å². The lowest BCUT2D eigenvalue weighted by Crippen LogP contribution is -2.27. The molecular weight excluding hydrogens is 456 g/mol. The Kier molecular flexibility index (Phi) is 6.54. The van der Waals surface area contributed by atoms with Gasteiger partial charge in [0, 0.05) is 5.56 Å². The number of carboxylic acid groups (broad SMARTS) is 1. The first-order valence-electron chi connectivity index (χ1n) is 9.78. The molecule has 0 spiro atoms. The highest BCUT2D eigenvalue weighted by atomic mass is 32.2. The second-order valence-electron chi connectivity index (χ2n) is 7.00. The number of benzene rings is 3. The van der Waals surface area contributed by atoms with Gasteiger partial charge in [-0.15, -0.1) is 0 Å². The molecule has 0 aliphatic carbocycles. The Labute approximate surface area is 199 Å². The van der Waals surface area contributed by atoms with Gasteiger partial charge in [0.2, 0.25) is 0 Å². The number of thioether (sulfide) groups is 1. The van der Waals surface area contributed by atoms with Crippen molar-refractivity contribution in [2.45, 2.75) is 6.61 Å². The predicted molar refractivity (Wildman–Crippen MR) is 131 cm³/mol. The number of nitriles is 1. The number of anilines is 1. The molecule has 8 heteroatoms. The molecule has 0 atom stereocenters. The topological polar surface area (TPSA) is 90.6 Å². The fourth-order valence-corrected chi connectivity index (χ4v) is 4.50. The van der Waals surface area contributed by atoms with E-state index in [2.05, 4.69) is 6.07 Å². The van der Waals surface area contributed by atoms with Crippen LogP contribution in [0, 0.1) is 11.3 Å². The highest BCUT2D eigenvalue weighted by Crippen LogP contribution is 2.36. The first kappa shape index (κ1) is 22.3. The highest BCUT2D eigenvalue weighted by molar-refractivity contribution is 8.27. The van der Waals surface area contributed by atoms with Gasteiger partial charge in [-0.2, -0.15) is 5.26 Å². The van der Waals surface area contributed by atoms with Crippen LogP contribution < -0.4 is 9.64 Å². The van der Waals surface area contributed by atoms with E-state index in [9.17, 15) is 20.0 Å². The van der Waals surface area contributed by atoms with Gasteiger partial charge >= 0.3 is 5.97 Å². The van der Waals surface area contributed by atoms with Gasteiger partial charge in [0.15, 0.2) is 4.32 Å². The van der Waals surface area contributed by atoms with Crippen LogP contribution in [-0.4, -0.2) is 21.3 Å². The van der Waals surface area contributed by atoms with E-state index in [4.69, 9.17) is 17.0 Å². The summed E-state index contributed by atoms with van der Waals surface area (Å²) in [5.41, 5.74) is 2.67. The third-order valence-corrected chi connectivity index (χ3v) is 6.16. The normalized spacial score (nSPS) is 14.4. The van der Waals surface area contributed by atoms with Gasteiger partial charge < -0.3 is 9.84 Å². The Morgan fingerprint density at radius 2 is 1.88 bits per heavy atom. The van der Waals surface area contributed by atoms with Crippen LogP contribution in [0.2, 0.25) is 0 Å². The van der Waals surface area contributed by atoms with Crippen LogP contribution >= 0.6 is 24.0 Å². The first-order valence-corrected chi connectivity index (χ1v) is 11.0. The van der Waals surface area contributed by atoms with Gasteiger partial charge in [-0.1, -0.05) is 60.4 Å². The Balaban J connectivity index is 1.47. The standard InChI is InChI=1S/C25H16N2O4S2/c26-14-18-4-1-2-5-19(18)15-31-21-10-8-16(9-11-21)12-22-23(28)27(25(32)33-22)20-7-3-6-17(13-20)24(29)30/h1-13H,15H2,(H,29,30)/b22-12+. The number of carbonyl (C=O) groups excluding carboxylic acids is 1. The van der Waals surface area contributed by atoms with Crippen LogP contribution in [0.25, 0.3) is 6.08 Å². The third-order valence-electron chi connectivity index (χ3n) is 4.86. The van der Waals surface area contributed by atoms with Crippen molar-refractivity contribution in [2.24, 2.45) is 0 Å². The smallest absolute Gasteiger partial charge is 0.335 e. The highest BCUT2D eigenvalue weighted by Gasteiger charge is 2.33. The molecule has 0 radical (unpaired) electrons. The summed E-state index contributed by atoms with van der Waals surface area (Å²) in [7, 11) is 0.